The molecule has 1 aromatic carbocycles. The molecule has 24 heavy (non-hydrogen) atoms. The molecule has 1 N–H and O–H groups in total. The summed E-state index contributed by atoms with van der Waals surface area (Å²) in [6.45, 7) is 5.11. The first kappa shape index (κ1) is 17.1. The quantitative estimate of drug-likeness (QED) is 0.876. The van der Waals surface area contributed by atoms with Crippen molar-refractivity contribution in [1.82, 2.24) is 15.2 Å². The normalized spacial score (nSPS) is 16.2. The number of aromatic nitrogens is 1. The summed E-state index contributed by atoms with van der Waals surface area (Å²) in [6.07, 6.45) is 3.44. The highest BCUT2D eigenvalue weighted by atomic mass is 32.1. The van der Waals surface area contributed by atoms with Gasteiger partial charge >= 0.3 is 0 Å². The lowest BCUT2D eigenvalue weighted by Gasteiger charge is -2.32. The predicted molar refractivity (Wildman–Crippen MR) is 98.1 cm³/mol. The Hall–Kier alpha value is -1.72. The highest BCUT2D eigenvalue weighted by molar-refractivity contribution is 7.09. The van der Waals surface area contributed by atoms with E-state index in [-0.39, 0.29) is 5.91 Å². The van der Waals surface area contributed by atoms with Crippen LogP contribution in [0, 0.1) is 6.92 Å². The molecule has 1 amide bonds. The van der Waals surface area contributed by atoms with Crippen LogP contribution in [-0.2, 0) is 17.8 Å². The lowest BCUT2D eigenvalue weighted by Crippen LogP contribution is -2.44. The first-order valence-electron chi connectivity index (χ1n) is 8.65. The number of aryl methyl sites for hydroxylation is 2. The molecular weight excluding hydrogens is 318 g/mol. The maximum atomic E-state index is 12.1. The van der Waals surface area contributed by atoms with E-state index in [4.69, 9.17) is 0 Å². The van der Waals surface area contributed by atoms with Crippen LogP contribution in [0.5, 0.6) is 0 Å². The molecule has 1 fully saturated rings. The minimum Gasteiger partial charge on any atom is -0.353 e. The first-order valence-corrected chi connectivity index (χ1v) is 9.53. The average molecular weight is 343 g/mol. The zero-order valence-corrected chi connectivity index (χ0v) is 15.0. The Bertz CT molecular complexity index is 648. The first-order chi connectivity index (χ1) is 11.7. The molecule has 0 radical (unpaired) electrons. The predicted octanol–water partition coefficient (Wildman–Crippen LogP) is 3.16. The number of rotatable bonds is 6. The second-order valence-corrected chi connectivity index (χ2v) is 7.40. The largest absolute Gasteiger partial charge is 0.353 e. The minimum absolute atomic E-state index is 0.171. The molecule has 1 aliphatic rings. The van der Waals surface area contributed by atoms with Crippen molar-refractivity contribution in [3.05, 3.63) is 52.0 Å². The van der Waals surface area contributed by atoms with Crippen LogP contribution in [0.25, 0.3) is 0 Å². The van der Waals surface area contributed by atoms with E-state index in [2.05, 4.69) is 45.5 Å². The van der Waals surface area contributed by atoms with Crippen molar-refractivity contribution in [1.29, 1.82) is 0 Å². The molecule has 0 spiro atoms. The van der Waals surface area contributed by atoms with Crippen LogP contribution in [0.2, 0.25) is 0 Å². The minimum atomic E-state index is 0.171. The van der Waals surface area contributed by atoms with Crippen LogP contribution in [0.4, 0.5) is 0 Å². The number of carbonyl (C=O) groups is 1. The summed E-state index contributed by atoms with van der Waals surface area (Å²) in [6, 6.07) is 10.9. The summed E-state index contributed by atoms with van der Waals surface area (Å²) >= 11 is 1.64. The molecule has 2 heterocycles. The molecular formula is C19H25N3OS. The number of likely N-dealkylation sites (tertiary alicyclic amines) is 1. The van der Waals surface area contributed by atoms with Gasteiger partial charge < -0.3 is 5.32 Å². The van der Waals surface area contributed by atoms with E-state index in [1.165, 1.54) is 10.4 Å². The van der Waals surface area contributed by atoms with E-state index in [0.29, 0.717) is 12.5 Å². The number of amides is 1. The molecule has 0 saturated carbocycles. The van der Waals surface area contributed by atoms with E-state index in [1.807, 2.05) is 12.4 Å². The third-order valence-electron chi connectivity index (χ3n) is 4.63. The third kappa shape index (κ3) is 4.89. The lowest BCUT2D eigenvalue weighted by molar-refractivity contribution is -0.122. The summed E-state index contributed by atoms with van der Waals surface area (Å²) in [5.74, 6) is 0.171. The SMILES string of the molecule is Cc1ncsc1CCC(=O)NC1CCN(Cc2ccccc2)CC1. The van der Waals surface area contributed by atoms with E-state index in [0.717, 1.165) is 44.6 Å². The Morgan fingerprint density at radius 3 is 2.71 bits per heavy atom. The van der Waals surface area contributed by atoms with Crippen LogP contribution in [0.3, 0.4) is 0 Å². The van der Waals surface area contributed by atoms with Gasteiger partial charge in [0.2, 0.25) is 5.91 Å². The second kappa shape index (κ2) is 8.40. The standard InChI is InChI=1S/C19H25N3OS/c1-15-18(24-14-20-15)7-8-19(23)21-17-9-11-22(12-10-17)13-16-5-3-2-4-6-16/h2-6,14,17H,7-13H2,1H3,(H,21,23). The summed E-state index contributed by atoms with van der Waals surface area (Å²) in [7, 11) is 0. The van der Waals surface area contributed by atoms with E-state index >= 15 is 0 Å². The van der Waals surface area contributed by atoms with E-state index < -0.39 is 0 Å². The number of thiazole rings is 1. The van der Waals surface area contributed by atoms with Gasteiger partial charge in [-0.1, -0.05) is 30.3 Å². The topological polar surface area (TPSA) is 45.2 Å². The van der Waals surface area contributed by atoms with Crippen LogP contribution < -0.4 is 5.32 Å². The maximum absolute atomic E-state index is 12.1. The van der Waals surface area contributed by atoms with Gasteiger partial charge in [-0.15, -0.1) is 11.3 Å². The van der Waals surface area contributed by atoms with Crippen LogP contribution in [0.1, 0.15) is 35.4 Å². The van der Waals surface area contributed by atoms with Crippen molar-refractivity contribution in [2.24, 2.45) is 0 Å². The van der Waals surface area contributed by atoms with Crippen molar-refractivity contribution in [2.45, 2.75) is 45.2 Å². The lowest BCUT2D eigenvalue weighted by atomic mass is 10.0. The fourth-order valence-corrected chi connectivity index (χ4v) is 3.95. The smallest absolute Gasteiger partial charge is 0.220 e. The molecule has 2 aromatic rings. The zero-order valence-electron chi connectivity index (χ0n) is 14.2. The van der Waals surface area contributed by atoms with E-state index in [1.54, 1.807) is 11.3 Å². The summed E-state index contributed by atoms with van der Waals surface area (Å²) in [5.41, 5.74) is 4.27. The number of benzene rings is 1. The Kier molecular flexibility index (Phi) is 5.99. The van der Waals surface area contributed by atoms with Gasteiger partial charge in [0.15, 0.2) is 0 Å². The molecule has 0 aliphatic carbocycles. The number of piperidine rings is 1. The van der Waals surface area contributed by atoms with Crippen molar-refractivity contribution >= 4 is 17.2 Å². The van der Waals surface area contributed by atoms with Gasteiger partial charge in [0.05, 0.1) is 11.2 Å². The molecule has 1 aromatic heterocycles. The Morgan fingerprint density at radius 1 is 1.29 bits per heavy atom. The fourth-order valence-electron chi connectivity index (χ4n) is 3.17. The van der Waals surface area contributed by atoms with Gasteiger partial charge in [0.1, 0.15) is 0 Å². The molecule has 1 aliphatic heterocycles. The van der Waals surface area contributed by atoms with Crippen LogP contribution in [-0.4, -0.2) is 34.9 Å². The summed E-state index contributed by atoms with van der Waals surface area (Å²) in [4.78, 5) is 20.1. The van der Waals surface area contributed by atoms with Gasteiger partial charge in [-0.05, 0) is 31.7 Å². The van der Waals surface area contributed by atoms with Gasteiger partial charge in [-0.25, -0.2) is 4.98 Å². The van der Waals surface area contributed by atoms with Gasteiger partial charge in [-0.3, -0.25) is 9.69 Å². The van der Waals surface area contributed by atoms with Gasteiger partial charge in [-0.2, -0.15) is 0 Å². The Labute approximate surface area is 147 Å². The number of carbonyl (C=O) groups excluding carboxylic acids is 1. The average Bonchev–Trinajstić information content (AvgIpc) is 3.01. The molecule has 0 unspecified atom stereocenters. The number of nitrogens with zero attached hydrogens (tertiary/aromatic N) is 2. The Balaban J connectivity index is 1.37. The summed E-state index contributed by atoms with van der Waals surface area (Å²) in [5, 5.41) is 3.20. The molecule has 0 bridgehead atoms. The monoisotopic (exact) mass is 343 g/mol. The van der Waals surface area contributed by atoms with Crippen LogP contribution >= 0.6 is 11.3 Å². The molecule has 4 nitrogen and oxygen atoms in total. The molecule has 128 valence electrons. The van der Waals surface area contributed by atoms with E-state index in [9.17, 15) is 4.79 Å². The Morgan fingerprint density at radius 2 is 2.04 bits per heavy atom. The third-order valence-corrected chi connectivity index (χ3v) is 5.62. The number of nitrogens with one attached hydrogen (secondary N) is 1. The van der Waals surface area contributed by atoms with Gasteiger partial charge in [0.25, 0.3) is 0 Å². The van der Waals surface area contributed by atoms with Crippen molar-refractivity contribution in [3.63, 3.8) is 0 Å². The summed E-state index contributed by atoms with van der Waals surface area (Å²) < 4.78 is 0. The maximum Gasteiger partial charge on any atom is 0.220 e. The second-order valence-electron chi connectivity index (χ2n) is 6.46. The van der Waals surface area contributed by atoms with Crippen molar-refractivity contribution in [2.75, 3.05) is 13.1 Å². The van der Waals surface area contributed by atoms with Crippen LogP contribution in [0.15, 0.2) is 35.8 Å². The molecule has 1 saturated heterocycles. The van der Waals surface area contributed by atoms with Crippen molar-refractivity contribution in [3.8, 4) is 0 Å². The number of hydrogen-bond donors (Lipinski definition) is 1. The number of hydrogen-bond acceptors (Lipinski definition) is 4. The molecule has 0 atom stereocenters. The molecule has 3 rings (SSSR count). The van der Waals surface area contributed by atoms with Crippen molar-refractivity contribution < 1.29 is 4.79 Å². The van der Waals surface area contributed by atoms with Gasteiger partial charge in [0, 0.05) is 37.0 Å². The highest BCUT2D eigenvalue weighted by Crippen LogP contribution is 2.16. The fraction of sp³-hybridized carbons (Fsp3) is 0.474. The molecule has 5 heteroatoms. The highest BCUT2D eigenvalue weighted by Gasteiger charge is 2.20. The zero-order chi connectivity index (χ0) is 16.8.